The zero-order valence-electron chi connectivity index (χ0n) is 12.1. The van der Waals surface area contributed by atoms with Crippen molar-refractivity contribution in [1.82, 2.24) is 9.97 Å². The Morgan fingerprint density at radius 2 is 1.77 bits per heavy atom. The maximum absolute atomic E-state index is 11.8. The van der Waals surface area contributed by atoms with Gasteiger partial charge in [0.05, 0.1) is 11.2 Å². The van der Waals surface area contributed by atoms with Gasteiger partial charge in [0.15, 0.2) is 0 Å². The fraction of sp³-hybridized carbons (Fsp3) is 0.118. The van der Waals surface area contributed by atoms with E-state index in [0.717, 1.165) is 33.3 Å². The summed E-state index contributed by atoms with van der Waals surface area (Å²) in [5, 5.41) is 0.317. The van der Waals surface area contributed by atoms with E-state index >= 15 is 0 Å². The number of pyridine rings is 2. The van der Waals surface area contributed by atoms with E-state index in [1.165, 1.54) is 0 Å². The molecule has 22 heavy (non-hydrogen) atoms. The summed E-state index contributed by atoms with van der Waals surface area (Å²) < 4.78 is 0. The highest BCUT2D eigenvalue weighted by Gasteiger charge is 2.14. The average Bonchev–Trinajstić information content (AvgIpc) is 2.51. The van der Waals surface area contributed by atoms with Gasteiger partial charge in [-0.05, 0) is 54.8 Å². The third kappa shape index (κ3) is 2.82. The Balaban J connectivity index is 0.00000176. The number of benzene rings is 1. The monoisotopic (exact) mass is 332 g/mol. The second-order valence-electron chi connectivity index (χ2n) is 4.97. The molecule has 2 aromatic heterocycles. The zero-order valence-corrected chi connectivity index (χ0v) is 13.7. The molecule has 1 aromatic carbocycles. The van der Waals surface area contributed by atoms with Crippen LogP contribution < -0.4 is 0 Å². The van der Waals surface area contributed by atoms with E-state index in [1.807, 2.05) is 38.1 Å². The van der Waals surface area contributed by atoms with E-state index in [4.69, 9.17) is 16.6 Å². The standard InChI is InChI=1S/C17H13ClN2O.ClH/c1-10-3-4-13-14(17(18)21)9-15(20-16(13)11(10)2)12-5-7-19-8-6-12;/h3-9H,1-2H3;1H. The van der Waals surface area contributed by atoms with Crippen LogP contribution >= 0.6 is 24.0 Å². The van der Waals surface area contributed by atoms with Crippen LogP contribution in [0.3, 0.4) is 0 Å². The van der Waals surface area contributed by atoms with Crippen molar-refractivity contribution in [1.29, 1.82) is 0 Å². The minimum atomic E-state index is -0.471. The molecule has 3 nitrogen and oxygen atoms in total. The number of aromatic nitrogens is 2. The molecule has 0 atom stereocenters. The molecule has 0 fully saturated rings. The SMILES string of the molecule is Cc1ccc2c(C(=O)Cl)cc(-c3ccncc3)nc2c1C.Cl. The summed E-state index contributed by atoms with van der Waals surface area (Å²) in [5.74, 6) is 0. The molecule has 0 radical (unpaired) electrons. The highest BCUT2D eigenvalue weighted by Crippen LogP contribution is 2.28. The van der Waals surface area contributed by atoms with Gasteiger partial charge in [-0.1, -0.05) is 12.1 Å². The smallest absolute Gasteiger partial charge is 0.253 e. The summed E-state index contributed by atoms with van der Waals surface area (Å²) >= 11 is 5.75. The summed E-state index contributed by atoms with van der Waals surface area (Å²) in [6.45, 7) is 4.03. The molecule has 5 heteroatoms. The first kappa shape index (κ1) is 16.4. The van der Waals surface area contributed by atoms with Gasteiger partial charge < -0.3 is 0 Å². The zero-order chi connectivity index (χ0) is 15.0. The minimum absolute atomic E-state index is 0. The lowest BCUT2D eigenvalue weighted by molar-refractivity contribution is 0.108. The topological polar surface area (TPSA) is 42.9 Å². The first-order valence-electron chi connectivity index (χ1n) is 6.59. The Morgan fingerprint density at radius 1 is 1.09 bits per heavy atom. The van der Waals surface area contributed by atoms with E-state index in [2.05, 4.69) is 4.98 Å². The molecule has 0 amide bonds. The van der Waals surface area contributed by atoms with Crippen molar-refractivity contribution in [2.24, 2.45) is 0 Å². The molecule has 0 aliphatic rings. The second kappa shape index (κ2) is 6.42. The summed E-state index contributed by atoms with van der Waals surface area (Å²) in [7, 11) is 0. The maximum atomic E-state index is 11.8. The van der Waals surface area contributed by atoms with Crippen LogP contribution in [0.25, 0.3) is 22.2 Å². The molecule has 0 unspecified atom stereocenters. The number of hydrogen-bond acceptors (Lipinski definition) is 3. The van der Waals surface area contributed by atoms with Crippen molar-refractivity contribution in [3.05, 3.63) is 59.4 Å². The molecule has 3 aromatic rings. The molecule has 2 heterocycles. The van der Waals surface area contributed by atoms with Gasteiger partial charge in [-0.2, -0.15) is 0 Å². The first-order chi connectivity index (χ1) is 10.1. The van der Waals surface area contributed by atoms with Gasteiger partial charge in [-0.25, -0.2) is 4.98 Å². The normalized spacial score (nSPS) is 10.3. The van der Waals surface area contributed by atoms with Crippen molar-refractivity contribution in [3.8, 4) is 11.3 Å². The predicted octanol–water partition coefficient (Wildman–Crippen LogP) is 4.71. The number of hydrogen-bond donors (Lipinski definition) is 0. The third-order valence-electron chi connectivity index (χ3n) is 3.69. The molecule has 0 aliphatic heterocycles. The molecule has 0 N–H and O–H groups in total. The van der Waals surface area contributed by atoms with E-state index < -0.39 is 5.24 Å². The van der Waals surface area contributed by atoms with Gasteiger partial charge in [-0.3, -0.25) is 9.78 Å². The Kier molecular flexibility index (Phi) is 4.79. The Morgan fingerprint density at radius 3 is 2.41 bits per heavy atom. The van der Waals surface area contributed by atoms with Crippen LogP contribution in [0, 0.1) is 13.8 Å². The van der Waals surface area contributed by atoms with Gasteiger partial charge in [0, 0.05) is 28.9 Å². The van der Waals surface area contributed by atoms with Crippen LogP contribution in [-0.2, 0) is 0 Å². The van der Waals surface area contributed by atoms with Crippen LogP contribution in [0.4, 0.5) is 0 Å². The molecule has 0 aliphatic carbocycles. The van der Waals surface area contributed by atoms with E-state index in [1.54, 1.807) is 18.5 Å². The van der Waals surface area contributed by atoms with Crippen molar-refractivity contribution < 1.29 is 4.79 Å². The molecule has 112 valence electrons. The number of rotatable bonds is 2. The highest BCUT2D eigenvalue weighted by atomic mass is 35.5. The quantitative estimate of drug-likeness (QED) is 0.638. The summed E-state index contributed by atoms with van der Waals surface area (Å²) in [6, 6.07) is 9.34. The van der Waals surface area contributed by atoms with Crippen molar-refractivity contribution in [2.45, 2.75) is 13.8 Å². The molecule has 3 rings (SSSR count). The molecular weight excluding hydrogens is 319 g/mol. The first-order valence-corrected chi connectivity index (χ1v) is 6.97. The number of carbonyl (C=O) groups is 1. The van der Waals surface area contributed by atoms with E-state index in [-0.39, 0.29) is 12.4 Å². The lowest BCUT2D eigenvalue weighted by Crippen LogP contribution is -1.98. The van der Waals surface area contributed by atoms with Crippen LogP contribution in [0.2, 0.25) is 0 Å². The van der Waals surface area contributed by atoms with Crippen LogP contribution in [0.15, 0.2) is 42.7 Å². The number of nitrogens with zero attached hydrogens (tertiary/aromatic N) is 2. The summed E-state index contributed by atoms with van der Waals surface area (Å²) in [6.07, 6.45) is 3.40. The van der Waals surface area contributed by atoms with Crippen LogP contribution in [0.1, 0.15) is 21.5 Å². The summed E-state index contributed by atoms with van der Waals surface area (Å²) in [5.41, 5.74) is 5.12. The minimum Gasteiger partial charge on any atom is -0.276 e. The number of carbonyl (C=O) groups excluding carboxylic acids is 1. The molecule has 0 saturated carbocycles. The van der Waals surface area contributed by atoms with Crippen LogP contribution in [0.5, 0.6) is 0 Å². The Bertz CT molecular complexity index is 848. The maximum Gasteiger partial charge on any atom is 0.253 e. The predicted molar refractivity (Wildman–Crippen MR) is 91.9 cm³/mol. The Hall–Kier alpha value is -1.97. The Labute approximate surface area is 139 Å². The lowest BCUT2D eigenvalue weighted by atomic mass is 10.00. The van der Waals surface area contributed by atoms with Crippen LogP contribution in [-0.4, -0.2) is 15.2 Å². The highest BCUT2D eigenvalue weighted by molar-refractivity contribution is 6.68. The largest absolute Gasteiger partial charge is 0.276 e. The van der Waals surface area contributed by atoms with Gasteiger partial charge in [0.1, 0.15) is 0 Å². The summed E-state index contributed by atoms with van der Waals surface area (Å²) in [4.78, 5) is 20.5. The lowest BCUT2D eigenvalue weighted by Gasteiger charge is -2.10. The van der Waals surface area contributed by atoms with E-state index in [9.17, 15) is 4.79 Å². The molecule has 0 saturated heterocycles. The number of aryl methyl sites for hydroxylation is 2. The molecular formula is C17H14Cl2N2O. The second-order valence-corrected chi connectivity index (χ2v) is 5.31. The van der Waals surface area contributed by atoms with Gasteiger partial charge >= 0.3 is 0 Å². The molecule has 0 bridgehead atoms. The fourth-order valence-corrected chi connectivity index (χ4v) is 2.52. The van der Waals surface area contributed by atoms with Gasteiger partial charge in [-0.15, -0.1) is 12.4 Å². The van der Waals surface area contributed by atoms with Crippen molar-refractivity contribution in [3.63, 3.8) is 0 Å². The van der Waals surface area contributed by atoms with Gasteiger partial charge in [0.25, 0.3) is 5.24 Å². The fourth-order valence-electron chi connectivity index (χ4n) is 2.36. The number of halogens is 2. The van der Waals surface area contributed by atoms with Gasteiger partial charge in [0.2, 0.25) is 0 Å². The average molecular weight is 333 g/mol. The number of fused-ring (bicyclic) bond motifs is 1. The third-order valence-corrected chi connectivity index (χ3v) is 3.90. The van der Waals surface area contributed by atoms with Crippen molar-refractivity contribution in [2.75, 3.05) is 0 Å². The molecule has 0 spiro atoms. The van der Waals surface area contributed by atoms with E-state index in [0.29, 0.717) is 5.56 Å². The van der Waals surface area contributed by atoms with Crippen molar-refractivity contribution >= 4 is 40.2 Å².